The zero-order valence-electron chi connectivity index (χ0n) is 15.3. The van der Waals surface area contributed by atoms with Gasteiger partial charge >= 0.3 is 0 Å². The fraction of sp³-hybridized carbons (Fsp3) is 0.211. The molecule has 152 valence electrons. The van der Waals surface area contributed by atoms with E-state index in [0.29, 0.717) is 44.3 Å². The molecule has 0 spiro atoms. The molecule has 0 bridgehead atoms. The number of nitrogens with zero attached hydrogens (tertiary/aromatic N) is 5. The lowest BCUT2D eigenvalue weighted by Gasteiger charge is -2.14. The number of carbonyl (C=O) groups is 1. The minimum absolute atomic E-state index is 0.169. The van der Waals surface area contributed by atoms with Crippen LogP contribution < -0.4 is 0 Å². The first-order chi connectivity index (χ1) is 14.5. The van der Waals surface area contributed by atoms with Gasteiger partial charge in [-0.2, -0.15) is 10.1 Å². The maximum atomic E-state index is 13.4. The molecule has 2 aliphatic heterocycles. The number of furan rings is 1. The normalized spacial score (nSPS) is 17.8. The molecule has 5 rings (SSSR count). The van der Waals surface area contributed by atoms with Gasteiger partial charge in [0.15, 0.2) is 5.84 Å². The summed E-state index contributed by atoms with van der Waals surface area (Å²) < 4.78 is 34.7. The molecule has 0 saturated carbocycles. The van der Waals surface area contributed by atoms with Crippen LogP contribution in [0, 0.1) is 0 Å². The Hall–Kier alpha value is -2.66. The number of thioether (sulfide) groups is 1. The van der Waals surface area contributed by atoms with Gasteiger partial charge in [-0.05, 0) is 41.1 Å². The minimum Gasteiger partial charge on any atom is -0.464 e. The number of aromatic nitrogens is 3. The Labute approximate surface area is 181 Å². The van der Waals surface area contributed by atoms with Crippen LogP contribution in [0.4, 0.5) is 8.78 Å². The number of aryl methyl sites for hydroxylation is 1. The highest BCUT2D eigenvalue weighted by atomic mass is 79.9. The molecule has 1 atom stereocenters. The van der Waals surface area contributed by atoms with Gasteiger partial charge in [0.25, 0.3) is 12.3 Å². The zero-order valence-corrected chi connectivity index (χ0v) is 17.7. The Bertz CT molecular complexity index is 1240. The summed E-state index contributed by atoms with van der Waals surface area (Å²) in [6.45, 7) is 2.57. The Balaban J connectivity index is 1.70. The van der Waals surface area contributed by atoms with E-state index < -0.39 is 17.6 Å². The maximum Gasteiger partial charge on any atom is 0.280 e. The van der Waals surface area contributed by atoms with Gasteiger partial charge in [0.1, 0.15) is 27.4 Å². The summed E-state index contributed by atoms with van der Waals surface area (Å²) in [5.41, 5.74) is 1.40. The van der Waals surface area contributed by atoms with Crippen LogP contribution in [0.1, 0.15) is 30.3 Å². The lowest BCUT2D eigenvalue weighted by atomic mass is 9.99. The number of amides is 1. The number of rotatable bonds is 4. The van der Waals surface area contributed by atoms with Gasteiger partial charge in [-0.3, -0.25) is 9.48 Å². The highest BCUT2D eigenvalue weighted by Crippen LogP contribution is 2.44. The van der Waals surface area contributed by atoms with Crippen LogP contribution in [0.5, 0.6) is 0 Å². The molecule has 1 amide bonds. The highest BCUT2D eigenvalue weighted by molar-refractivity contribution is 9.10. The summed E-state index contributed by atoms with van der Waals surface area (Å²) in [6.07, 6.45) is 0.473. The molecule has 3 aromatic heterocycles. The molecule has 0 aromatic carbocycles. The van der Waals surface area contributed by atoms with E-state index in [1.807, 2.05) is 6.92 Å². The fourth-order valence-corrected chi connectivity index (χ4v) is 4.95. The summed E-state index contributed by atoms with van der Waals surface area (Å²) in [6, 6.07) is 4.62. The van der Waals surface area contributed by atoms with Crippen molar-refractivity contribution in [3.05, 3.63) is 52.1 Å². The third-order valence-corrected chi connectivity index (χ3v) is 6.43. The van der Waals surface area contributed by atoms with Crippen molar-refractivity contribution in [2.24, 2.45) is 9.98 Å². The number of carbonyl (C=O) groups excluding carboxylic acids is 1. The predicted octanol–water partition coefficient (Wildman–Crippen LogP) is 4.51. The molecule has 30 heavy (non-hydrogen) atoms. The van der Waals surface area contributed by atoms with E-state index in [9.17, 15) is 13.6 Å². The van der Waals surface area contributed by atoms with Crippen LogP contribution in [-0.4, -0.2) is 37.5 Å². The lowest BCUT2D eigenvalue weighted by molar-refractivity contribution is -0.116. The zero-order chi connectivity index (χ0) is 21.0. The van der Waals surface area contributed by atoms with Gasteiger partial charge in [-0.25, -0.2) is 18.8 Å². The summed E-state index contributed by atoms with van der Waals surface area (Å²) in [4.78, 5) is 25.6. The van der Waals surface area contributed by atoms with Crippen molar-refractivity contribution in [2.75, 3.05) is 0 Å². The molecule has 11 heteroatoms. The number of pyridine rings is 1. The van der Waals surface area contributed by atoms with Crippen LogP contribution in [0.25, 0.3) is 11.3 Å². The van der Waals surface area contributed by atoms with E-state index in [1.54, 1.807) is 23.0 Å². The Kier molecular flexibility index (Phi) is 4.66. The highest BCUT2D eigenvalue weighted by Gasteiger charge is 2.42. The SMILES string of the molecule is CCn1cc(Br)c(C2=NC(=O)C3Sc4nc(C(F)F)cc(-c5ccco5)c4C3=N2)n1. The van der Waals surface area contributed by atoms with Crippen molar-refractivity contribution in [1.29, 1.82) is 0 Å². The molecule has 3 aromatic rings. The molecule has 7 nitrogen and oxygen atoms in total. The second-order valence-electron chi connectivity index (χ2n) is 6.50. The molecule has 0 aliphatic carbocycles. The summed E-state index contributed by atoms with van der Waals surface area (Å²) in [5, 5.41) is 3.97. The molecule has 1 unspecified atom stereocenters. The van der Waals surface area contributed by atoms with Crippen LogP contribution in [0.3, 0.4) is 0 Å². The summed E-state index contributed by atoms with van der Waals surface area (Å²) in [7, 11) is 0. The van der Waals surface area contributed by atoms with E-state index in [1.165, 1.54) is 12.3 Å². The third kappa shape index (κ3) is 3.03. The fourth-order valence-electron chi connectivity index (χ4n) is 3.31. The molecule has 2 aliphatic rings. The second-order valence-corrected chi connectivity index (χ2v) is 8.45. The van der Waals surface area contributed by atoms with Gasteiger partial charge in [0.05, 0.1) is 16.4 Å². The van der Waals surface area contributed by atoms with Crippen molar-refractivity contribution in [2.45, 2.75) is 30.2 Å². The largest absolute Gasteiger partial charge is 0.464 e. The number of fused-ring (bicyclic) bond motifs is 3. The third-order valence-electron chi connectivity index (χ3n) is 4.67. The Morgan fingerprint density at radius 1 is 1.37 bits per heavy atom. The average Bonchev–Trinajstić information content (AvgIpc) is 3.45. The quantitative estimate of drug-likeness (QED) is 0.535. The van der Waals surface area contributed by atoms with Crippen molar-refractivity contribution in [3.63, 3.8) is 0 Å². The smallest absolute Gasteiger partial charge is 0.280 e. The average molecular weight is 492 g/mol. The van der Waals surface area contributed by atoms with Crippen LogP contribution >= 0.6 is 27.7 Å². The maximum absolute atomic E-state index is 13.4. The molecular formula is C19H12BrF2N5O2S. The number of halogens is 3. The molecule has 0 saturated heterocycles. The van der Waals surface area contributed by atoms with Gasteiger partial charge in [0.2, 0.25) is 0 Å². The number of hydrogen-bond donors (Lipinski definition) is 0. The van der Waals surface area contributed by atoms with E-state index in [2.05, 4.69) is 36.0 Å². The topological polar surface area (TPSA) is 85.6 Å². The minimum atomic E-state index is -2.76. The van der Waals surface area contributed by atoms with Crippen LogP contribution in [-0.2, 0) is 11.3 Å². The Morgan fingerprint density at radius 3 is 2.87 bits per heavy atom. The monoisotopic (exact) mass is 491 g/mol. The number of hydrogen-bond acceptors (Lipinski definition) is 6. The molecule has 0 fully saturated rings. The van der Waals surface area contributed by atoms with Gasteiger partial charge in [-0.15, -0.1) is 0 Å². The van der Waals surface area contributed by atoms with E-state index in [0.717, 1.165) is 11.8 Å². The molecular weight excluding hydrogens is 480 g/mol. The second kappa shape index (κ2) is 7.24. The van der Waals surface area contributed by atoms with Crippen molar-refractivity contribution < 1.29 is 18.0 Å². The van der Waals surface area contributed by atoms with Crippen molar-refractivity contribution in [3.8, 4) is 11.3 Å². The number of aliphatic imine (C=N–C) groups is 2. The van der Waals surface area contributed by atoms with Crippen LogP contribution in [0.2, 0.25) is 0 Å². The standard InChI is InChI=1S/C19H12BrF2N5O2S/c1-2-27-7-9(20)13(26-27)17-24-14-12-8(11-4-3-5-29-11)6-10(16(21)22)23-19(12)30-15(14)18(28)25-17/h3-7,15-16H,2H2,1H3. The van der Waals surface area contributed by atoms with E-state index in [4.69, 9.17) is 4.42 Å². The predicted molar refractivity (Wildman–Crippen MR) is 110 cm³/mol. The summed E-state index contributed by atoms with van der Waals surface area (Å²) in [5.74, 6) is 0.134. The number of alkyl halides is 2. The first-order valence-electron chi connectivity index (χ1n) is 8.94. The molecule has 0 N–H and O–H groups in total. The Morgan fingerprint density at radius 2 is 2.20 bits per heavy atom. The van der Waals surface area contributed by atoms with Crippen LogP contribution in [0.15, 0.2) is 54.6 Å². The molecule has 0 radical (unpaired) electrons. The first kappa shape index (κ1) is 19.3. The van der Waals surface area contributed by atoms with Crippen molar-refractivity contribution >= 4 is 45.1 Å². The number of amidine groups is 1. The van der Waals surface area contributed by atoms with Gasteiger partial charge in [0, 0.05) is 23.9 Å². The lowest BCUT2D eigenvalue weighted by Crippen LogP contribution is -2.29. The van der Waals surface area contributed by atoms with Gasteiger partial charge in [-0.1, -0.05) is 11.8 Å². The summed E-state index contributed by atoms with van der Waals surface area (Å²) >= 11 is 4.50. The first-order valence-corrected chi connectivity index (χ1v) is 10.6. The van der Waals surface area contributed by atoms with Crippen molar-refractivity contribution in [1.82, 2.24) is 14.8 Å². The van der Waals surface area contributed by atoms with E-state index in [-0.39, 0.29) is 11.5 Å². The van der Waals surface area contributed by atoms with E-state index >= 15 is 0 Å². The van der Waals surface area contributed by atoms with Gasteiger partial charge < -0.3 is 4.42 Å². The molecule has 5 heterocycles.